The van der Waals surface area contributed by atoms with E-state index in [-0.39, 0.29) is 5.95 Å². The molecule has 28 heavy (non-hydrogen) atoms. The maximum absolute atomic E-state index is 12.6. The second kappa shape index (κ2) is 6.62. The number of nitrogens with one attached hydrogen (secondary N) is 3. The Hall–Kier alpha value is -2.89. The number of hydrogen-bond acceptors (Lipinski definition) is 4. The number of H-pyrrole nitrogens is 1. The van der Waals surface area contributed by atoms with Gasteiger partial charge in [-0.15, -0.1) is 0 Å². The number of aromatic nitrogens is 2. The van der Waals surface area contributed by atoms with E-state index in [1.54, 1.807) is 18.2 Å². The first-order chi connectivity index (χ1) is 13.7. The summed E-state index contributed by atoms with van der Waals surface area (Å²) in [7, 11) is 0. The third-order valence-electron chi connectivity index (χ3n) is 6.83. The molecule has 0 spiro atoms. The molecule has 2 bridgehead atoms. The molecule has 0 amide bonds. The van der Waals surface area contributed by atoms with Gasteiger partial charge in [-0.1, -0.05) is 12.1 Å². The number of benzene rings is 2. The summed E-state index contributed by atoms with van der Waals surface area (Å²) in [6, 6.07) is 11.1. The van der Waals surface area contributed by atoms with Gasteiger partial charge in [0, 0.05) is 29.7 Å². The average molecular weight is 377 g/mol. The molecule has 5 N–H and O–H groups in total. The first-order valence-electron chi connectivity index (χ1n) is 9.92. The second-order valence-corrected chi connectivity index (χ2v) is 8.13. The molecule has 1 aliphatic heterocycles. The summed E-state index contributed by atoms with van der Waals surface area (Å²) in [6.07, 6.45) is 5.62. The highest BCUT2D eigenvalue weighted by molar-refractivity contribution is 5.90. The minimum atomic E-state index is -0.365. The van der Waals surface area contributed by atoms with Gasteiger partial charge in [-0.05, 0) is 72.8 Å². The van der Waals surface area contributed by atoms with Crippen LogP contribution in [0.15, 0.2) is 36.4 Å². The highest BCUT2D eigenvalue weighted by atomic mass is 19.1. The Morgan fingerprint density at radius 2 is 1.96 bits per heavy atom. The molecule has 5 nitrogen and oxygen atoms in total. The molecule has 0 saturated heterocycles. The van der Waals surface area contributed by atoms with Crippen LogP contribution in [0.2, 0.25) is 0 Å². The van der Waals surface area contributed by atoms with Crippen molar-refractivity contribution in [3.8, 4) is 0 Å². The van der Waals surface area contributed by atoms with Crippen molar-refractivity contribution < 1.29 is 4.39 Å². The van der Waals surface area contributed by atoms with Crippen molar-refractivity contribution in [2.75, 3.05) is 17.6 Å². The third kappa shape index (κ3) is 2.58. The number of fused-ring (bicyclic) bond motifs is 8. The lowest BCUT2D eigenvalue weighted by Crippen LogP contribution is -2.33. The molecule has 3 aromatic rings. The predicted molar refractivity (Wildman–Crippen MR) is 110 cm³/mol. The summed E-state index contributed by atoms with van der Waals surface area (Å²) in [4.78, 5) is 0. The van der Waals surface area contributed by atoms with Gasteiger partial charge in [0.1, 0.15) is 0 Å². The largest absolute Gasteiger partial charge is 0.398 e. The Morgan fingerprint density at radius 1 is 1.14 bits per heavy atom. The molecule has 1 aromatic heterocycles. The zero-order valence-electron chi connectivity index (χ0n) is 15.6. The van der Waals surface area contributed by atoms with Gasteiger partial charge in [-0.3, -0.25) is 5.10 Å². The Kier molecular flexibility index (Phi) is 4.07. The Morgan fingerprint density at radius 3 is 2.79 bits per heavy atom. The molecule has 2 saturated carbocycles. The van der Waals surface area contributed by atoms with Gasteiger partial charge in [0.15, 0.2) is 0 Å². The number of rotatable bonds is 1. The van der Waals surface area contributed by atoms with Crippen LogP contribution in [0.1, 0.15) is 36.3 Å². The van der Waals surface area contributed by atoms with Crippen LogP contribution in [0.4, 0.5) is 15.8 Å². The Balaban J connectivity index is 0.000000145. The van der Waals surface area contributed by atoms with Crippen LogP contribution in [0.25, 0.3) is 10.9 Å². The smallest absolute Gasteiger partial charge is 0.216 e. The molecule has 4 atom stereocenters. The minimum absolute atomic E-state index is 0.365. The van der Waals surface area contributed by atoms with Crippen molar-refractivity contribution in [3.63, 3.8) is 0 Å². The SMILES string of the molecule is Fc1[nH]nc2ccccc12.N=Cc1c(N)ccc2c1[C@H]1C3CC[C@@H](C3)[C@H]1CN2. The molecule has 144 valence electrons. The number of nitrogen functional groups attached to an aromatic ring is 1. The van der Waals surface area contributed by atoms with E-state index >= 15 is 0 Å². The van der Waals surface area contributed by atoms with E-state index in [0.717, 1.165) is 35.5 Å². The molecule has 1 unspecified atom stereocenters. The van der Waals surface area contributed by atoms with Crippen LogP contribution in [0, 0.1) is 29.1 Å². The summed E-state index contributed by atoms with van der Waals surface area (Å²) in [5.74, 6) is 2.80. The number of aromatic amines is 1. The summed E-state index contributed by atoms with van der Waals surface area (Å²) < 4.78 is 12.6. The van der Waals surface area contributed by atoms with E-state index in [9.17, 15) is 4.39 Å². The van der Waals surface area contributed by atoms with Gasteiger partial charge in [-0.2, -0.15) is 9.49 Å². The van der Waals surface area contributed by atoms with E-state index in [0.29, 0.717) is 16.8 Å². The fraction of sp³-hybridized carbons (Fsp3) is 0.364. The maximum Gasteiger partial charge on any atom is 0.216 e. The number of anilines is 2. The normalized spacial score (nSPS) is 26.8. The molecule has 6 heteroatoms. The highest BCUT2D eigenvalue weighted by Crippen LogP contribution is 2.60. The van der Waals surface area contributed by atoms with E-state index < -0.39 is 0 Å². The van der Waals surface area contributed by atoms with E-state index in [1.165, 1.54) is 36.7 Å². The molecule has 2 fully saturated rings. The molecule has 2 heterocycles. The molecule has 3 aliphatic rings. The Bertz CT molecular complexity index is 1040. The number of halogens is 1. The lowest BCUT2D eigenvalue weighted by molar-refractivity contribution is 0.294. The summed E-state index contributed by atoms with van der Waals surface area (Å²) >= 11 is 0. The van der Waals surface area contributed by atoms with Crippen molar-refractivity contribution in [2.24, 2.45) is 17.8 Å². The van der Waals surface area contributed by atoms with Crippen molar-refractivity contribution in [2.45, 2.75) is 25.2 Å². The monoisotopic (exact) mass is 377 g/mol. The van der Waals surface area contributed by atoms with Gasteiger partial charge in [0.25, 0.3) is 0 Å². The second-order valence-electron chi connectivity index (χ2n) is 8.13. The third-order valence-corrected chi connectivity index (χ3v) is 6.83. The fourth-order valence-electron chi connectivity index (χ4n) is 5.64. The van der Waals surface area contributed by atoms with Crippen LogP contribution < -0.4 is 11.1 Å². The summed E-state index contributed by atoms with van der Waals surface area (Å²) in [6.45, 7) is 1.11. The predicted octanol–water partition coefficient (Wildman–Crippen LogP) is 4.52. The van der Waals surface area contributed by atoms with Crippen LogP contribution in [0.5, 0.6) is 0 Å². The Labute approximate surface area is 163 Å². The summed E-state index contributed by atoms with van der Waals surface area (Å²) in [5, 5.41) is 17.8. The zero-order valence-corrected chi connectivity index (χ0v) is 15.6. The van der Waals surface area contributed by atoms with Crippen molar-refractivity contribution in [1.82, 2.24) is 10.2 Å². The summed E-state index contributed by atoms with van der Waals surface area (Å²) in [5.41, 5.74) is 11.0. The van der Waals surface area contributed by atoms with Gasteiger partial charge >= 0.3 is 0 Å². The molecular formula is C22H24FN5. The average Bonchev–Trinajstić information content (AvgIpc) is 3.44. The zero-order chi connectivity index (χ0) is 19.3. The fourth-order valence-corrected chi connectivity index (χ4v) is 5.64. The van der Waals surface area contributed by atoms with Crippen molar-refractivity contribution >= 4 is 28.5 Å². The standard InChI is InChI=1S/C15H19N3.C7H5FN2/c16-6-10-12(17)3-4-13-15(10)14-9-2-1-8(5-9)11(14)7-18-13;8-7-5-3-1-2-4-6(5)9-10-7/h3-4,6,8-9,11,14,16,18H,1-2,5,7,17H2;1-4H,(H,9,10)/t8-,9?,11+,14-;/m0./s1. The molecule has 2 aromatic carbocycles. The van der Waals surface area contributed by atoms with E-state index in [2.05, 4.69) is 21.6 Å². The van der Waals surface area contributed by atoms with Crippen LogP contribution in [-0.2, 0) is 0 Å². The number of nitrogens with zero attached hydrogens (tertiary/aromatic N) is 1. The van der Waals surface area contributed by atoms with E-state index in [1.807, 2.05) is 12.1 Å². The lowest BCUT2D eigenvalue weighted by Gasteiger charge is -2.38. The van der Waals surface area contributed by atoms with Crippen LogP contribution in [-0.4, -0.2) is 23.0 Å². The number of para-hydroxylation sites is 1. The van der Waals surface area contributed by atoms with Crippen LogP contribution in [0.3, 0.4) is 0 Å². The van der Waals surface area contributed by atoms with Gasteiger partial charge in [-0.25, -0.2) is 0 Å². The molecular weight excluding hydrogens is 353 g/mol. The topological polar surface area (TPSA) is 90.6 Å². The van der Waals surface area contributed by atoms with Crippen molar-refractivity contribution in [1.29, 1.82) is 5.41 Å². The first kappa shape index (κ1) is 17.2. The van der Waals surface area contributed by atoms with Crippen LogP contribution >= 0.6 is 0 Å². The maximum atomic E-state index is 12.6. The van der Waals surface area contributed by atoms with Gasteiger partial charge < -0.3 is 16.5 Å². The van der Waals surface area contributed by atoms with Gasteiger partial charge in [0.2, 0.25) is 5.95 Å². The molecule has 6 rings (SSSR count). The lowest BCUT2D eigenvalue weighted by atomic mass is 9.71. The molecule has 0 radical (unpaired) electrons. The quantitative estimate of drug-likeness (QED) is 0.371. The first-order valence-corrected chi connectivity index (χ1v) is 9.92. The molecule has 2 aliphatic carbocycles. The number of nitrogens with two attached hydrogens (primary N) is 1. The van der Waals surface area contributed by atoms with Gasteiger partial charge in [0.05, 0.1) is 10.9 Å². The van der Waals surface area contributed by atoms with E-state index in [4.69, 9.17) is 11.1 Å². The van der Waals surface area contributed by atoms with Crippen molar-refractivity contribution in [3.05, 3.63) is 53.5 Å². The number of hydrogen-bond donors (Lipinski definition) is 4. The minimum Gasteiger partial charge on any atom is -0.398 e. The highest BCUT2D eigenvalue weighted by Gasteiger charge is 2.50.